The number of hydrogen-bond acceptors (Lipinski definition) is 2. The molecule has 0 rings (SSSR count). The molecule has 0 aromatic carbocycles. The van der Waals surface area contributed by atoms with Crippen LogP contribution in [0, 0.1) is 0 Å². The molecular formula is C7H18O2Si. The van der Waals surface area contributed by atoms with Crippen LogP contribution in [0.15, 0.2) is 0 Å². The second-order valence-corrected chi connectivity index (χ2v) is 4.73. The zero-order valence-electron chi connectivity index (χ0n) is 7.06. The van der Waals surface area contributed by atoms with Gasteiger partial charge in [0, 0.05) is 23.2 Å². The Morgan fingerprint density at radius 3 is 2.60 bits per heavy atom. The van der Waals surface area contributed by atoms with Crippen LogP contribution in [0.2, 0.25) is 12.1 Å². The van der Waals surface area contributed by atoms with Crippen molar-refractivity contribution in [3.8, 4) is 0 Å². The third kappa shape index (κ3) is 8.14. The fourth-order valence-electron chi connectivity index (χ4n) is 0.698. The summed E-state index contributed by atoms with van der Waals surface area (Å²) in [6, 6.07) is 2.72. The van der Waals surface area contributed by atoms with E-state index < -0.39 is 0 Å². The minimum absolute atomic E-state index is 0.222. The summed E-state index contributed by atoms with van der Waals surface area (Å²) in [6.07, 6.45) is 0. The summed E-state index contributed by atoms with van der Waals surface area (Å²) in [6.45, 7) is 4.69. The smallest absolute Gasteiger partial charge is 0.0700 e. The lowest BCUT2D eigenvalue weighted by molar-refractivity contribution is 0.0777. The molecule has 0 aliphatic rings. The number of ether oxygens (including phenoxy) is 2. The molecule has 0 spiro atoms. The second-order valence-electron chi connectivity index (χ2n) is 2.31. The van der Waals surface area contributed by atoms with Crippen molar-refractivity contribution in [1.82, 2.24) is 0 Å². The van der Waals surface area contributed by atoms with E-state index in [0.717, 1.165) is 19.8 Å². The van der Waals surface area contributed by atoms with E-state index in [4.69, 9.17) is 9.47 Å². The maximum atomic E-state index is 5.29. The van der Waals surface area contributed by atoms with Gasteiger partial charge in [-0.3, -0.25) is 0 Å². The molecule has 3 heteroatoms. The Labute approximate surface area is 65.7 Å². The molecule has 0 fully saturated rings. The van der Waals surface area contributed by atoms with Crippen LogP contribution in [0.4, 0.5) is 0 Å². The van der Waals surface area contributed by atoms with Crippen LogP contribution in [-0.4, -0.2) is 36.5 Å². The highest BCUT2D eigenvalue weighted by Gasteiger charge is 1.87. The van der Waals surface area contributed by atoms with Gasteiger partial charge in [-0.1, -0.05) is 13.0 Å². The molecule has 0 aromatic heterocycles. The van der Waals surface area contributed by atoms with E-state index >= 15 is 0 Å². The molecule has 0 radical (unpaired) electrons. The summed E-state index contributed by atoms with van der Waals surface area (Å²) in [7, 11) is 1.92. The average Bonchev–Trinajstić information content (AvgIpc) is 1.97. The topological polar surface area (TPSA) is 18.5 Å². The zero-order valence-corrected chi connectivity index (χ0v) is 8.47. The number of methoxy groups -OCH3 is 1. The van der Waals surface area contributed by atoms with E-state index in [0.29, 0.717) is 0 Å². The third-order valence-electron chi connectivity index (χ3n) is 1.32. The fourth-order valence-corrected chi connectivity index (χ4v) is 1.61. The first kappa shape index (κ1) is 10.1. The summed E-state index contributed by atoms with van der Waals surface area (Å²) in [4.78, 5) is 0. The molecule has 0 aliphatic carbocycles. The van der Waals surface area contributed by atoms with Crippen LogP contribution < -0.4 is 0 Å². The Balaban J connectivity index is 2.65. The number of hydrogen-bond donors (Lipinski definition) is 0. The highest BCUT2D eigenvalue weighted by atomic mass is 28.2. The van der Waals surface area contributed by atoms with Crippen molar-refractivity contribution >= 4 is 9.52 Å². The van der Waals surface area contributed by atoms with E-state index in [2.05, 4.69) is 6.92 Å². The Hall–Kier alpha value is 0.137. The summed E-state index contributed by atoms with van der Waals surface area (Å²) >= 11 is 0. The van der Waals surface area contributed by atoms with Crippen LogP contribution in [0.5, 0.6) is 0 Å². The first-order valence-electron chi connectivity index (χ1n) is 3.98. The van der Waals surface area contributed by atoms with Gasteiger partial charge >= 0.3 is 0 Å². The standard InChI is InChI=1S/C7H18O2Si/c1-3-10-7-6-9-5-4-8-2/h3-7,10H2,1-2H3. The van der Waals surface area contributed by atoms with Crippen LogP contribution >= 0.6 is 0 Å². The monoisotopic (exact) mass is 162 g/mol. The maximum absolute atomic E-state index is 5.29. The maximum Gasteiger partial charge on any atom is 0.0700 e. The summed E-state index contributed by atoms with van der Waals surface area (Å²) in [5.41, 5.74) is 0. The van der Waals surface area contributed by atoms with Gasteiger partial charge in [0.05, 0.1) is 13.2 Å². The van der Waals surface area contributed by atoms with Gasteiger partial charge in [0.1, 0.15) is 0 Å². The average molecular weight is 162 g/mol. The van der Waals surface area contributed by atoms with Gasteiger partial charge in [-0.05, 0) is 6.04 Å². The minimum atomic E-state index is 0.222. The van der Waals surface area contributed by atoms with E-state index in [1.165, 1.54) is 12.1 Å². The molecule has 62 valence electrons. The van der Waals surface area contributed by atoms with E-state index in [9.17, 15) is 0 Å². The SMILES string of the molecule is CC[SiH2]CCOCCOC. The van der Waals surface area contributed by atoms with Crippen molar-refractivity contribution in [1.29, 1.82) is 0 Å². The fraction of sp³-hybridized carbons (Fsp3) is 1.00. The molecule has 0 N–H and O–H groups in total. The number of rotatable bonds is 7. The summed E-state index contributed by atoms with van der Waals surface area (Å²) in [5.74, 6) is 0. The third-order valence-corrected chi connectivity index (χ3v) is 2.82. The van der Waals surface area contributed by atoms with Crippen LogP contribution in [0.1, 0.15) is 6.92 Å². The molecule has 0 amide bonds. The molecule has 0 aliphatic heterocycles. The Morgan fingerprint density at radius 1 is 1.20 bits per heavy atom. The Bertz CT molecular complexity index is 51.6. The predicted octanol–water partition coefficient (Wildman–Crippen LogP) is 0.675. The first-order valence-corrected chi connectivity index (χ1v) is 5.98. The summed E-state index contributed by atoms with van der Waals surface area (Å²) < 4.78 is 10.1. The van der Waals surface area contributed by atoms with Gasteiger partial charge in [0.15, 0.2) is 0 Å². The van der Waals surface area contributed by atoms with Gasteiger partial charge in [0.25, 0.3) is 0 Å². The lowest BCUT2D eigenvalue weighted by Gasteiger charge is -2.00. The molecule has 0 heterocycles. The molecule has 0 unspecified atom stereocenters. The van der Waals surface area contributed by atoms with Crippen molar-refractivity contribution in [3.63, 3.8) is 0 Å². The zero-order chi connectivity index (χ0) is 7.66. The second kappa shape index (κ2) is 9.14. The first-order chi connectivity index (χ1) is 4.91. The van der Waals surface area contributed by atoms with Crippen LogP contribution in [0.25, 0.3) is 0 Å². The molecule has 0 saturated heterocycles. The van der Waals surface area contributed by atoms with E-state index in [-0.39, 0.29) is 9.52 Å². The molecule has 0 saturated carbocycles. The van der Waals surface area contributed by atoms with Gasteiger partial charge < -0.3 is 9.47 Å². The minimum Gasteiger partial charge on any atom is -0.382 e. The molecular weight excluding hydrogens is 144 g/mol. The Kier molecular flexibility index (Phi) is 9.26. The molecule has 2 nitrogen and oxygen atoms in total. The predicted molar refractivity (Wildman–Crippen MR) is 46.5 cm³/mol. The van der Waals surface area contributed by atoms with Gasteiger partial charge in [-0.15, -0.1) is 0 Å². The highest BCUT2D eigenvalue weighted by molar-refractivity contribution is 6.35. The van der Waals surface area contributed by atoms with Crippen molar-refractivity contribution in [2.24, 2.45) is 0 Å². The van der Waals surface area contributed by atoms with Crippen molar-refractivity contribution in [3.05, 3.63) is 0 Å². The normalized spacial score (nSPS) is 11.4. The van der Waals surface area contributed by atoms with Gasteiger partial charge in [-0.25, -0.2) is 0 Å². The quantitative estimate of drug-likeness (QED) is 0.405. The lowest BCUT2D eigenvalue weighted by Crippen LogP contribution is -2.04. The van der Waals surface area contributed by atoms with Crippen LogP contribution in [0.3, 0.4) is 0 Å². The van der Waals surface area contributed by atoms with Crippen molar-refractivity contribution < 1.29 is 9.47 Å². The van der Waals surface area contributed by atoms with Gasteiger partial charge in [0.2, 0.25) is 0 Å². The highest BCUT2D eigenvalue weighted by Crippen LogP contribution is 1.85. The molecule has 0 aromatic rings. The van der Waals surface area contributed by atoms with Crippen molar-refractivity contribution in [2.75, 3.05) is 26.9 Å². The van der Waals surface area contributed by atoms with E-state index in [1.54, 1.807) is 7.11 Å². The van der Waals surface area contributed by atoms with E-state index in [1.807, 2.05) is 0 Å². The Morgan fingerprint density at radius 2 is 2.00 bits per heavy atom. The lowest BCUT2D eigenvalue weighted by atomic mass is 10.7. The van der Waals surface area contributed by atoms with Gasteiger partial charge in [-0.2, -0.15) is 0 Å². The molecule has 0 atom stereocenters. The molecule has 0 bridgehead atoms. The molecule has 10 heavy (non-hydrogen) atoms. The van der Waals surface area contributed by atoms with Crippen molar-refractivity contribution in [2.45, 2.75) is 19.0 Å². The largest absolute Gasteiger partial charge is 0.382 e. The van der Waals surface area contributed by atoms with Crippen LogP contribution in [-0.2, 0) is 9.47 Å². The summed E-state index contributed by atoms with van der Waals surface area (Å²) in [5, 5.41) is 0.